The minimum absolute atomic E-state index is 0.169. The van der Waals surface area contributed by atoms with Crippen LogP contribution in [0.3, 0.4) is 0 Å². The van der Waals surface area contributed by atoms with Crippen LogP contribution < -0.4 is 4.90 Å². The number of likely N-dealkylation sites (N-methyl/N-ethyl adjacent to an activating group) is 1. The zero-order valence-corrected chi connectivity index (χ0v) is 11.3. The van der Waals surface area contributed by atoms with Gasteiger partial charge in [-0.3, -0.25) is 4.79 Å². The van der Waals surface area contributed by atoms with Crippen molar-refractivity contribution in [3.8, 4) is 0 Å². The van der Waals surface area contributed by atoms with E-state index in [0.717, 1.165) is 16.8 Å². The predicted molar refractivity (Wildman–Crippen MR) is 77.4 cm³/mol. The second-order valence-corrected chi connectivity index (χ2v) is 5.06. The van der Waals surface area contributed by atoms with Crippen LogP contribution in [0, 0.1) is 0 Å². The van der Waals surface area contributed by atoms with Crippen molar-refractivity contribution in [3.63, 3.8) is 0 Å². The van der Waals surface area contributed by atoms with Gasteiger partial charge in [0.25, 0.3) is 0 Å². The molecule has 0 aromatic heterocycles. The first-order valence-corrected chi connectivity index (χ1v) is 6.66. The van der Waals surface area contributed by atoms with Gasteiger partial charge >= 0.3 is 0 Å². The highest BCUT2D eigenvalue weighted by Gasteiger charge is 2.47. The van der Waals surface area contributed by atoms with E-state index in [-0.39, 0.29) is 5.91 Å². The van der Waals surface area contributed by atoms with Gasteiger partial charge in [-0.1, -0.05) is 48.5 Å². The summed E-state index contributed by atoms with van der Waals surface area (Å²) in [6.45, 7) is 4.75. The zero-order valence-electron chi connectivity index (χ0n) is 11.3. The molecule has 2 nitrogen and oxygen atoms in total. The van der Waals surface area contributed by atoms with Gasteiger partial charge in [0.2, 0.25) is 5.91 Å². The number of hydrogen-bond acceptors (Lipinski definition) is 1. The monoisotopic (exact) mass is 251 g/mol. The van der Waals surface area contributed by atoms with Gasteiger partial charge in [0, 0.05) is 12.2 Å². The Morgan fingerprint density at radius 3 is 2.32 bits per heavy atom. The van der Waals surface area contributed by atoms with Crippen molar-refractivity contribution in [2.45, 2.75) is 19.3 Å². The maximum Gasteiger partial charge on any atom is 0.241 e. The summed E-state index contributed by atoms with van der Waals surface area (Å²) in [5, 5.41) is 0. The Morgan fingerprint density at radius 2 is 1.63 bits per heavy atom. The lowest BCUT2D eigenvalue weighted by molar-refractivity contribution is -0.121. The van der Waals surface area contributed by atoms with Gasteiger partial charge in [-0.15, -0.1) is 0 Å². The lowest BCUT2D eigenvalue weighted by atomic mass is 9.77. The van der Waals surface area contributed by atoms with Crippen molar-refractivity contribution in [2.24, 2.45) is 0 Å². The number of anilines is 1. The first kappa shape index (κ1) is 12.0. The maximum absolute atomic E-state index is 12.8. The first-order valence-electron chi connectivity index (χ1n) is 6.66. The Morgan fingerprint density at radius 1 is 1.00 bits per heavy atom. The van der Waals surface area contributed by atoms with Crippen molar-refractivity contribution in [1.29, 1.82) is 0 Å². The topological polar surface area (TPSA) is 20.3 Å². The molecule has 19 heavy (non-hydrogen) atoms. The van der Waals surface area contributed by atoms with E-state index >= 15 is 0 Å². The molecule has 2 aromatic rings. The molecule has 2 heteroatoms. The molecule has 0 radical (unpaired) electrons. The highest BCUT2D eigenvalue weighted by atomic mass is 16.2. The van der Waals surface area contributed by atoms with Gasteiger partial charge in [-0.25, -0.2) is 0 Å². The van der Waals surface area contributed by atoms with E-state index in [1.54, 1.807) is 0 Å². The summed E-state index contributed by atoms with van der Waals surface area (Å²) in [5.74, 6) is 0.169. The molecular weight excluding hydrogens is 234 g/mol. The minimum Gasteiger partial charge on any atom is -0.311 e. The Bertz CT molecular complexity index is 620. The number of nitrogens with zero attached hydrogens (tertiary/aromatic N) is 1. The van der Waals surface area contributed by atoms with E-state index < -0.39 is 5.41 Å². The quantitative estimate of drug-likeness (QED) is 0.801. The molecule has 0 unspecified atom stereocenters. The van der Waals surface area contributed by atoms with Gasteiger partial charge in [0.05, 0.1) is 5.41 Å². The SMILES string of the molecule is CCN1C(=O)[C@@](C)(c2ccccc2)c2ccccc21. The molecule has 1 heterocycles. The van der Waals surface area contributed by atoms with E-state index in [2.05, 4.69) is 6.07 Å². The van der Waals surface area contributed by atoms with E-state index in [9.17, 15) is 4.79 Å². The summed E-state index contributed by atoms with van der Waals surface area (Å²) in [6.07, 6.45) is 0. The fraction of sp³-hybridized carbons (Fsp3) is 0.235. The van der Waals surface area contributed by atoms with E-state index in [0.29, 0.717) is 6.54 Å². The molecule has 96 valence electrons. The molecular formula is C17H17NO. The third-order valence-electron chi connectivity index (χ3n) is 4.07. The lowest BCUT2D eigenvalue weighted by Gasteiger charge is -2.24. The Hall–Kier alpha value is -2.09. The molecule has 1 atom stereocenters. The molecule has 3 rings (SSSR count). The number of para-hydroxylation sites is 1. The standard InChI is InChI=1S/C17H17NO/c1-3-18-15-12-8-7-11-14(15)17(2,16(18)19)13-9-5-4-6-10-13/h4-12H,3H2,1-2H3/t17-/m0/s1. The number of benzene rings is 2. The minimum atomic E-state index is -0.562. The van der Waals surface area contributed by atoms with Gasteiger partial charge in [0.15, 0.2) is 0 Å². The van der Waals surface area contributed by atoms with E-state index in [1.807, 2.05) is 67.3 Å². The van der Waals surface area contributed by atoms with Crippen LogP contribution in [-0.4, -0.2) is 12.5 Å². The van der Waals surface area contributed by atoms with Crippen molar-refractivity contribution >= 4 is 11.6 Å². The van der Waals surface area contributed by atoms with Gasteiger partial charge < -0.3 is 4.90 Å². The summed E-state index contributed by atoms with van der Waals surface area (Å²) >= 11 is 0. The van der Waals surface area contributed by atoms with Gasteiger partial charge in [-0.2, -0.15) is 0 Å². The molecule has 0 bridgehead atoms. The molecule has 2 aromatic carbocycles. The third kappa shape index (κ3) is 1.53. The number of amides is 1. The largest absolute Gasteiger partial charge is 0.311 e. The van der Waals surface area contributed by atoms with Crippen molar-refractivity contribution < 1.29 is 4.79 Å². The highest BCUT2D eigenvalue weighted by molar-refractivity contribution is 6.10. The molecule has 0 N–H and O–H groups in total. The number of carbonyl (C=O) groups excluding carboxylic acids is 1. The van der Waals surface area contributed by atoms with Crippen LogP contribution >= 0.6 is 0 Å². The number of fused-ring (bicyclic) bond motifs is 1. The molecule has 1 aliphatic rings. The van der Waals surface area contributed by atoms with Gasteiger partial charge in [-0.05, 0) is 31.0 Å². The van der Waals surface area contributed by atoms with Crippen molar-refractivity contribution in [1.82, 2.24) is 0 Å². The summed E-state index contributed by atoms with van der Waals surface area (Å²) in [5.41, 5.74) is 2.64. The predicted octanol–water partition coefficient (Wildman–Crippen LogP) is 3.36. The van der Waals surface area contributed by atoms with E-state index in [1.165, 1.54) is 0 Å². The zero-order chi connectivity index (χ0) is 13.5. The van der Waals surface area contributed by atoms with Crippen LogP contribution in [-0.2, 0) is 10.2 Å². The van der Waals surface area contributed by atoms with Crippen LogP contribution in [0.2, 0.25) is 0 Å². The van der Waals surface area contributed by atoms with Crippen molar-refractivity contribution in [2.75, 3.05) is 11.4 Å². The van der Waals surface area contributed by atoms with Gasteiger partial charge in [0.1, 0.15) is 0 Å². The molecule has 1 amide bonds. The van der Waals surface area contributed by atoms with Crippen LogP contribution in [0.4, 0.5) is 5.69 Å². The molecule has 0 aliphatic carbocycles. The number of rotatable bonds is 2. The number of hydrogen-bond donors (Lipinski definition) is 0. The van der Waals surface area contributed by atoms with Crippen LogP contribution in [0.1, 0.15) is 25.0 Å². The van der Waals surface area contributed by atoms with Crippen molar-refractivity contribution in [3.05, 3.63) is 65.7 Å². The Kier molecular flexibility index (Phi) is 2.67. The molecule has 1 aliphatic heterocycles. The summed E-state index contributed by atoms with van der Waals surface area (Å²) < 4.78 is 0. The van der Waals surface area contributed by atoms with Crippen LogP contribution in [0.25, 0.3) is 0 Å². The second kappa shape index (κ2) is 4.23. The average molecular weight is 251 g/mol. The summed E-state index contributed by atoms with van der Waals surface area (Å²) in [7, 11) is 0. The van der Waals surface area contributed by atoms with Crippen LogP contribution in [0.5, 0.6) is 0 Å². The number of carbonyl (C=O) groups is 1. The van der Waals surface area contributed by atoms with E-state index in [4.69, 9.17) is 0 Å². The molecule has 0 saturated heterocycles. The molecule has 0 fully saturated rings. The lowest BCUT2D eigenvalue weighted by Crippen LogP contribution is -2.38. The Labute approximate surface area is 113 Å². The fourth-order valence-electron chi connectivity index (χ4n) is 2.99. The molecule has 0 spiro atoms. The molecule has 0 saturated carbocycles. The Balaban J connectivity index is 2.25. The first-order chi connectivity index (χ1) is 9.19. The highest BCUT2D eigenvalue weighted by Crippen LogP contribution is 2.45. The van der Waals surface area contributed by atoms with Crippen LogP contribution in [0.15, 0.2) is 54.6 Å². The average Bonchev–Trinajstić information content (AvgIpc) is 2.70. The summed E-state index contributed by atoms with van der Waals surface area (Å²) in [4.78, 5) is 14.7. The normalized spacial score (nSPS) is 21.6. The fourth-order valence-corrected chi connectivity index (χ4v) is 2.99. The summed E-state index contributed by atoms with van der Waals surface area (Å²) in [6, 6.07) is 18.1. The maximum atomic E-state index is 12.8. The smallest absolute Gasteiger partial charge is 0.241 e. The third-order valence-corrected chi connectivity index (χ3v) is 4.07. The second-order valence-electron chi connectivity index (χ2n) is 5.06.